The van der Waals surface area contributed by atoms with E-state index in [1.54, 1.807) is 6.20 Å². The number of aromatic nitrogens is 1. The lowest BCUT2D eigenvalue weighted by Gasteiger charge is -2.11. The summed E-state index contributed by atoms with van der Waals surface area (Å²) >= 11 is 9.57. The van der Waals surface area contributed by atoms with Crippen molar-refractivity contribution in [1.82, 2.24) is 4.98 Å². The number of benzene rings is 2. The molecule has 0 amide bonds. The molecule has 2 nitrogen and oxygen atoms in total. The van der Waals surface area contributed by atoms with Crippen molar-refractivity contribution in [2.24, 2.45) is 0 Å². The first kappa shape index (κ1) is 14.3. The minimum Gasteiger partial charge on any atom is -0.380 e. The van der Waals surface area contributed by atoms with E-state index in [0.717, 1.165) is 20.9 Å². The molecule has 0 saturated heterocycles. The Bertz CT molecular complexity index is 807. The third kappa shape index (κ3) is 3.01. The summed E-state index contributed by atoms with van der Waals surface area (Å²) in [5.74, 6) is -0.319. The number of hydrogen-bond donors (Lipinski definition) is 1. The van der Waals surface area contributed by atoms with Gasteiger partial charge in [-0.3, -0.25) is 4.98 Å². The van der Waals surface area contributed by atoms with Crippen molar-refractivity contribution in [3.63, 3.8) is 0 Å². The van der Waals surface area contributed by atoms with Crippen LogP contribution in [0.3, 0.4) is 0 Å². The first-order chi connectivity index (χ1) is 10.1. The average Bonchev–Trinajstić information content (AvgIpc) is 2.50. The summed E-state index contributed by atoms with van der Waals surface area (Å²) in [6, 6.07) is 12.1. The molecule has 0 saturated carbocycles. The molecule has 0 fully saturated rings. The van der Waals surface area contributed by atoms with Crippen LogP contribution >= 0.6 is 27.5 Å². The predicted octanol–water partition coefficient (Wildman–Crippen LogP) is 5.40. The maximum absolute atomic E-state index is 13.3. The molecule has 0 aliphatic carbocycles. The lowest BCUT2D eigenvalue weighted by atomic mass is 10.1. The van der Waals surface area contributed by atoms with Gasteiger partial charge in [-0.15, -0.1) is 0 Å². The van der Waals surface area contributed by atoms with Crippen LogP contribution in [0.1, 0.15) is 5.56 Å². The van der Waals surface area contributed by atoms with Gasteiger partial charge >= 0.3 is 0 Å². The van der Waals surface area contributed by atoms with Crippen LogP contribution in [0.4, 0.5) is 10.1 Å². The van der Waals surface area contributed by atoms with Crippen LogP contribution in [0.2, 0.25) is 5.02 Å². The summed E-state index contributed by atoms with van der Waals surface area (Å²) in [6.45, 7) is 0.518. The van der Waals surface area contributed by atoms with Gasteiger partial charge in [-0.25, -0.2) is 4.39 Å². The Morgan fingerprint density at radius 2 is 2.05 bits per heavy atom. The SMILES string of the molecule is Fc1ccc(Cl)c(NCc2ccc(Br)c3cccnc23)c1. The molecule has 3 rings (SSSR count). The summed E-state index contributed by atoms with van der Waals surface area (Å²) in [7, 11) is 0. The highest BCUT2D eigenvalue weighted by Crippen LogP contribution is 2.27. The molecule has 1 heterocycles. The molecule has 0 atom stereocenters. The maximum atomic E-state index is 13.3. The summed E-state index contributed by atoms with van der Waals surface area (Å²) in [5.41, 5.74) is 2.50. The Balaban J connectivity index is 1.92. The molecular weight excluding hydrogens is 355 g/mol. The average molecular weight is 366 g/mol. The maximum Gasteiger partial charge on any atom is 0.125 e. The second-order valence-corrected chi connectivity index (χ2v) is 5.85. The van der Waals surface area contributed by atoms with Crippen molar-refractivity contribution in [2.75, 3.05) is 5.32 Å². The van der Waals surface area contributed by atoms with Gasteiger partial charge in [0.25, 0.3) is 0 Å². The summed E-state index contributed by atoms with van der Waals surface area (Å²) in [4.78, 5) is 4.42. The van der Waals surface area contributed by atoms with E-state index in [0.29, 0.717) is 17.3 Å². The zero-order chi connectivity index (χ0) is 14.8. The predicted molar refractivity (Wildman–Crippen MR) is 88.2 cm³/mol. The number of hydrogen-bond acceptors (Lipinski definition) is 2. The molecule has 1 N–H and O–H groups in total. The number of rotatable bonds is 3. The van der Waals surface area contributed by atoms with Gasteiger partial charge in [-0.1, -0.05) is 39.7 Å². The fourth-order valence-corrected chi connectivity index (χ4v) is 2.80. The van der Waals surface area contributed by atoms with Gasteiger partial charge in [0, 0.05) is 22.6 Å². The van der Waals surface area contributed by atoms with E-state index >= 15 is 0 Å². The van der Waals surface area contributed by atoms with Crippen molar-refractivity contribution in [3.8, 4) is 0 Å². The zero-order valence-electron chi connectivity index (χ0n) is 10.9. The highest BCUT2D eigenvalue weighted by Gasteiger charge is 2.07. The Hall–Kier alpha value is -1.65. The smallest absolute Gasteiger partial charge is 0.125 e. The van der Waals surface area contributed by atoms with Crippen molar-refractivity contribution in [2.45, 2.75) is 6.54 Å². The van der Waals surface area contributed by atoms with Crippen LogP contribution in [-0.2, 0) is 6.54 Å². The fraction of sp³-hybridized carbons (Fsp3) is 0.0625. The second-order valence-electron chi connectivity index (χ2n) is 4.58. The van der Waals surface area contributed by atoms with Gasteiger partial charge in [0.2, 0.25) is 0 Å². The molecule has 21 heavy (non-hydrogen) atoms. The zero-order valence-corrected chi connectivity index (χ0v) is 13.2. The van der Waals surface area contributed by atoms with Gasteiger partial charge in [-0.05, 0) is 35.9 Å². The standard InChI is InChI=1S/C16H11BrClFN2/c17-13-5-3-10(16-12(13)2-1-7-20-16)9-21-15-8-11(19)4-6-14(15)18/h1-8,21H,9H2. The number of nitrogens with one attached hydrogen (secondary N) is 1. The molecule has 5 heteroatoms. The Morgan fingerprint density at radius 1 is 1.19 bits per heavy atom. The van der Waals surface area contributed by atoms with E-state index in [-0.39, 0.29) is 5.82 Å². The summed E-state index contributed by atoms with van der Waals surface area (Å²) in [6.07, 6.45) is 1.76. The minimum atomic E-state index is -0.319. The van der Waals surface area contributed by atoms with E-state index in [1.807, 2.05) is 24.3 Å². The van der Waals surface area contributed by atoms with Crippen LogP contribution in [0, 0.1) is 5.82 Å². The van der Waals surface area contributed by atoms with E-state index in [2.05, 4.69) is 26.2 Å². The normalized spacial score (nSPS) is 10.8. The molecule has 0 unspecified atom stereocenters. The Labute approximate surface area is 135 Å². The molecule has 106 valence electrons. The monoisotopic (exact) mass is 364 g/mol. The van der Waals surface area contributed by atoms with E-state index in [1.165, 1.54) is 18.2 Å². The van der Waals surface area contributed by atoms with Gasteiger partial charge in [-0.2, -0.15) is 0 Å². The van der Waals surface area contributed by atoms with Crippen LogP contribution in [0.25, 0.3) is 10.9 Å². The first-order valence-corrected chi connectivity index (χ1v) is 7.53. The van der Waals surface area contributed by atoms with Crippen LogP contribution < -0.4 is 5.32 Å². The third-order valence-corrected chi connectivity index (χ3v) is 4.22. The van der Waals surface area contributed by atoms with Gasteiger partial charge in [0.1, 0.15) is 5.82 Å². The molecule has 0 bridgehead atoms. The van der Waals surface area contributed by atoms with Crippen molar-refractivity contribution in [3.05, 3.63) is 69.5 Å². The van der Waals surface area contributed by atoms with Crippen LogP contribution in [-0.4, -0.2) is 4.98 Å². The second kappa shape index (κ2) is 6.00. The highest BCUT2D eigenvalue weighted by molar-refractivity contribution is 9.10. The fourth-order valence-electron chi connectivity index (χ4n) is 2.16. The number of anilines is 1. The number of halogens is 3. The molecule has 0 spiro atoms. The lowest BCUT2D eigenvalue weighted by Crippen LogP contribution is -2.02. The lowest BCUT2D eigenvalue weighted by molar-refractivity contribution is 0.628. The third-order valence-electron chi connectivity index (χ3n) is 3.20. The largest absolute Gasteiger partial charge is 0.380 e. The Morgan fingerprint density at radius 3 is 2.90 bits per heavy atom. The number of pyridine rings is 1. The van der Waals surface area contributed by atoms with Crippen LogP contribution in [0.15, 0.2) is 53.1 Å². The molecule has 0 aliphatic rings. The number of nitrogens with zero attached hydrogens (tertiary/aromatic N) is 1. The summed E-state index contributed by atoms with van der Waals surface area (Å²) in [5, 5.41) is 4.69. The molecule has 0 aliphatic heterocycles. The molecule has 1 aromatic heterocycles. The minimum absolute atomic E-state index is 0.319. The molecule has 2 aromatic carbocycles. The topological polar surface area (TPSA) is 24.9 Å². The van der Waals surface area contributed by atoms with E-state index < -0.39 is 0 Å². The molecule has 0 radical (unpaired) electrons. The first-order valence-electron chi connectivity index (χ1n) is 6.36. The van der Waals surface area contributed by atoms with Crippen molar-refractivity contribution < 1.29 is 4.39 Å². The molecule has 3 aromatic rings. The summed E-state index contributed by atoms with van der Waals surface area (Å²) < 4.78 is 14.3. The van der Waals surface area contributed by atoms with E-state index in [9.17, 15) is 4.39 Å². The van der Waals surface area contributed by atoms with Crippen LogP contribution in [0.5, 0.6) is 0 Å². The van der Waals surface area contributed by atoms with Gasteiger partial charge in [0.05, 0.1) is 16.2 Å². The van der Waals surface area contributed by atoms with E-state index in [4.69, 9.17) is 11.6 Å². The quantitative estimate of drug-likeness (QED) is 0.672. The van der Waals surface area contributed by atoms with Crippen molar-refractivity contribution in [1.29, 1.82) is 0 Å². The molecular formula is C16H11BrClFN2. The number of fused-ring (bicyclic) bond motifs is 1. The van der Waals surface area contributed by atoms with Crippen molar-refractivity contribution >= 4 is 44.1 Å². The van der Waals surface area contributed by atoms with Gasteiger partial charge in [0.15, 0.2) is 0 Å². The highest BCUT2D eigenvalue weighted by atomic mass is 79.9. The van der Waals surface area contributed by atoms with Gasteiger partial charge < -0.3 is 5.32 Å². The Kier molecular flexibility index (Phi) is 4.08.